The number of anilines is 1. The van der Waals surface area contributed by atoms with Gasteiger partial charge in [0.2, 0.25) is 5.95 Å². The molecule has 3 heterocycles. The van der Waals surface area contributed by atoms with Crippen LogP contribution in [0.25, 0.3) is 0 Å². The number of halogens is 2. The summed E-state index contributed by atoms with van der Waals surface area (Å²) in [6.07, 6.45) is 4.22. The molecule has 0 spiro atoms. The second-order valence-electron chi connectivity index (χ2n) is 4.22. The maximum atomic E-state index is 12.0. The van der Waals surface area contributed by atoms with Crippen LogP contribution >= 0.6 is 31.9 Å². The van der Waals surface area contributed by atoms with Gasteiger partial charge in [0, 0.05) is 24.5 Å². The minimum Gasteiger partial charge on any atom is -0.351 e. The van der Waals surface area contributed by atoms with E-state index in [0.29, 0.717) is 18.2 Å². The van der Waals surface area contributed by atoms with Gasteiger partial charge in [0.05, 0.1) is 15.1 Å². The summed E-state index contributed by atoms with van der Waals surface area (Å²) in [5.74, 6) is 0.597. The first-order valence-corrected chi connectivity index (χ1v) is 7.36. The van der Waals surface area contributed by atoms with Crippen molar-refractivity contribution in [1.82, 2.24) is 20.3 Å². The molecule has 0 fully saturated rings. The van der Waals surface area contributed by atoms with E-state index in [1.54, 1.807) is 12.4 Å². The lowest BCUT2D eigenvalue weighted by atomic mass is 10.1. The Bertz CT molecular complexity index is 607. The monoisotopic (exact) mass is 387 g/mol. The van der Waals surface area contributed by atoms with Crippen LogP contribution in [0.5, 0.6) is 0 Å². The SMILES string of the molecule is O=C1NCCC(Nc2ncc[nH]2)c2c1[nH]c(Br)c2Br. The minimum atomic E-state index is -0.0925. The normalized spacial score (nSPS) is 18.6. The smallest absolute Gasteiger partial charge is 0.268 e. The fraction of sp³-hybridized carbons (Fsp3) is 0.273. The van der Waals surface area contributed by atoms with Crippen LogP contribution in [0.1, 0.15) is 28.5 Å². The third-order valence-corrected chi connectivity index (χ3v) is 4.99. The van der Waals surface area contributed by atoms with Crippen molar-refractivity contribution in [3.63, 3.8) is 0 Å². The average Bonchev–Trinajstić information content (AvgIpc) is 2.94. The van der Waals surface area contributed by atoms with Crippen molar-refractivity contribution in [2.24, 2.45) is 0 Å². The van der Waals surface area contributed by atoms with Crippen molar-refractivity contribution in [2.75, 3.05) is 11.9 Å². The number of aromatic amines is 2. The number of hydrogen-bond acceptors (Lipinski definition) is 3. The number of aromatic nitrogens is 3. The number of hydrogen-bond donors (Lipinski definition) is 4. The Morgan fingerprint density at radius 3 is 3.00 bits per heavy atom. The van der Waals surface area contributed by atoms with Crippen molar-refractivity contribution >= 4 is 43.7 Å². The molecule has 1 unspecified atom stereocenters. The van der Waals surface area contributed by atoms with Gasteiger partial charge in [-0.25, -0.2) is 4.98 Å². The minimum absolute atomic E-state index is 0.00275. The second-order valence-corrected chi connectivity index (χ2v) is 5.81. The second kappa shape index (κ2) is 5.01. The first-order valence-electron chi connectivity index (χ1n) is 5.78. The molecule has 0 saturated carbocycles. The van der Waals surface area contributed by atoms with Gasteiger partial charge in [0.15, 0.2) is 0 Å². The lowest BCUT2D eigenvalue weighted by molar-refractivity contribution is 0.0951. The van der Waals surface area contributed by atoms with Crippen LogP contribution in [-0.4, -0.2) is 27.4 Å². The van der Waals surface area contributed by atoms with Crippen LogP contribution in [0.3, 0.4) is 0 Å². The molecule has 1 atom stereocenters. The fourth-order valence-electron chi connectivity index (χ4n) is 2.18. The van der Waals surface area contributed by atoms with E-state index >= 15 is 0 Å². The number of carbonyl (C=O) groups is 1. The lowest BCUT2D eigenvalue weighted by Gasteiger charge is -2.16. The quantitative estimate of drug-likeness (QED) is 0.637. The lowest BCUT2D eigenvalue weighted by Crippen LogP contribution is -2.23. The van der Waals surface area contributed by atoms with Crippen LogP contribution in [0, 0.1) is 0 Å². The summed E-state index contributed by atoms with van der Waals surface area (Å²) in [4.78, 5) is 22.2. The Morgan fingerprint density at radius 1 is 1.42 bits per heavy atom. The third-order valence-electron chi connectivity index (χ3n) is 3.04. The van der Waals surface area contributed by atoms with Gasteiger partial charge in [0.25, 0.3) is 5.91 Å². The van der Waals surface area contributed by atoms with E-state index in [1.165, 1.54) is 0 Å². The van der Waals surface area contributed by atoms with Crippen molar-refractivity contribution < 1.29 is 4.79 Å². The molecule has 1 amide bonds. The molecule has 19 heavy (non-hydrogen) atoms. The van der Waals surface area contributed by atoms with Gasteiger partial charge in [-0.05, 0) is 38.3 Å². The van der Waals surface area contributed by atoms with Gasteiger partial charge in [-0.15, -0.1) is 0 Å². The van der Waals surface area contributed by atoms with Gasteiger partial charge < -0.3 is 20.6 Å². The van der Waals surface area contributed by atoms with Crippen molar-refractivity contribution in [1.29, 1.82) is 0 Å². The highest BCUT2D eigenvalue weighted by Gasteiger charge is 2.29. The molecule has 6 nitrogen and oxygen atoms in total. The average molecular weight is 389 g/mol. The summed E-state index contributed by atoms with van der Waals surface area (Å²) < 4.78 is 1.63. The van der Waals surface area contributed by atoms with Crippen molar-refractivity contribution in [3.8, 4) is 0 Å². The summed E-state index contributed by atoms with van der Waals surface area (Å²) in [6, 6.07) is -0.00275. The maximum Gasteiger partial charge on any atom is 0.268 e. The molecule has 100 valence electrons. The molecule has 1 aliphatic rings. The Hall–Kier alpha value is -1.28. The highest BCUT2D eigenvalue weighted by Crippen LogP contribution is 2.37. The van der Waals surface area contributed by atoms with Crippen LogP contribution in [0.4, 0.5) is 5.95 Å². The standard InChI is InChI=1S/C11H11Br2N5O/c12-7-6-5(17-11-15-3-4-16-11)1-2-14-10(19)8(6)18-9(7)13/h3-5,18H,1-2H2,(H,14,19)(H2,15,16,17). The van der Waals surface area contributed by atoms with E-state index in [-0.39, 0.29) is 11.9 Å². The molecule has 4 N–H and O–H groups in total. The number of H-pyrrole nitrogens is 2. The third kappa shape index (κ3) is 2.30. The summed E-state index contributed by atoms with van der Waals surface area (Å²) in [6.45, 7) is 0.615. The topological polar surface area (TPSA) is 85.6 Å². The van der Waals surface area contributed by atoms with E-state index in [0.717, 1.165) is 21.1 Å². The van der Waals surface area contributed by atoms with Crippen LogP contribution in [0.2, 0.25) is 0 Å². The Labute approximate surface area is 126 Å². The van der Waals surface area contributed by atoms with Crippen LogP contribution in [0.15, 0.2) is 21.5 Å². The zero-order valence-electron chi connectivity index (χ0n) is 9.76. The summed E-state index contributed by atoms with van der Waals surface area (Å²) in [5, 5.41) is 6.17. The maximum absolute atomic E-state index is 12.0. The first kappa shape index (κ1) is 12.7. The molecular formula is C11H11Br2N5O. The molecule has 0 aliphatic carbocycles. The molecule has 3 rings (SSSR count). The Kier molecular flexibility index (Phi) is 3.36. The first-order chi connectivity index (χ1) is 9.16. The van der Waals surface area contributed by atoms with Gasteiger partial charge in [-0.3, -0.25) is 4.79 Å². The largest absolute Gasteiger partial charge is 0.351 e. The van der Waals surface area contributed by atoms with E-state index in [9.17, 15) is 4.79 Å². The highest BCUT2D eigenvalue weighted by molar-refractivity contribution is 9.13. The number of nitrogens with one attached hydrogen (secondary N) is 4. The number of nitrogens with zero attached hydrogens (tertiary/aromatic N) is 1. The predicted molar refractivity (Wildman–Crippen MR) is 78.1 cm³/mol. The zero-order valence-corrected chi connectivity index (χ0v) is 12.9. The van der Waals surface area contributed by atoms with E-state index in [4.69, 9.17) is 0 Å². The van der Waals surface area contributed by atoms with Crippen LogP contribution in [-0.2, 0) is 0 Å². The van der Waals surface area contributed by atoms with Crippen LogP contribution < -0.4 is 10.6 Å². The van der Waals surface area contributed by atoms with E-state index in [1.807, 2.05) is 0 Å². The summed E-state index contributed by atoms with van der Waals surface area (Å²) in [7, 11) is 0. The molecule has 0 saturated heterocycles. The number of imidazole rings is 1. The fourth-order valence-corrected chi connectivity index (χ4v) is 3.17. The molecule has 1 aliphatic heterocycles. The molecule has 0 aromatic carbocycles. The van der Waals surface area contributed by atoms with Crippen molar-refractivity contribution in [3.05, 3.63) is 32.7 Å². The van der Waals surface area contributed by atoms with Gasteiger partial charge in [-0.1, -0.05) is 0 Å². The van der Waals surface area contributed by atoms with E-state index < -0.39 is 0 Å². The summed E-state index contributed by atoms with van der Waals surface area (Å²) in [5.41, 5.74) is 1.48. The van der Waals surface area contributed by atoms with Gasteiger partial charge in [-0.2, -0.15) is 0 Å². The molecule has 8 heteroatoms. The van der Waals surface area contributed by atoms with Crippen molar-refractivity contribution in [2.45, 2.75) is 12.5 Å². The number of carbonyl (C=O) groups excluding carboxylic acids is 1. The zero-order chi connectivity index (χ0) is 13.4. The number of rotatable bonds is 2. The number of fused-ring (bicyclic) bond motifs is 1. The highest BCUT2D eigenvalue weighted by atomic mass is 79.9. The van der Waals surface area contributed by atoms with Gasteiger partial charge >= 0.3 is 0 Å². The van der Waals surface area contributed by atoms with E-state index in [2.05, 4.69) is 57.4 Å². The molecule has 0 radical (unpaired) electrons. The predicted octanol–water partition coefficient (Wildman–Crippen LogP) is 2.55. The summed E-state index contributed by atoms with van der Waals surface area (Å²) >= 11 is 6.92. The molecule has 2 aromatic rings. The van der Waals surface area contributed by atoms with Gasteiger partial charge in [0.1, 0.15) is 5.69 Å². The molecular weight excluding hydrogens is 378 g/mol. The Morgan fingerprint density at radius 2 is 2.26 bits per heavy atom. The number of amides is 1. The molecule has 0 bridgehead atoms. The molecule has 2 aromatic heterocycles. The Balaban J connectivity index is 2.01.